The van der Waals surface area contributed by atoms with Crippen molar-refractivity contribution in [3.63, 3.8) is 0 Å². The number of carboxylic acid groups (broad SMARTS) is 1. The summed E-state index contributed by atoms with van der Waals surface area (Å²) in [5, 5.41) is 27.3. The molecule has 0 aromatic heterocycles. The topological polar surface area (TPSA) is 179 Å². The van der Waals surface area contributed by atoms with Gasteiger partial charge in [0.2, 0.25) is 0 Å². The van der Waals surface area contributed by atoms with Crippen molar-refractivity contribution in [2.24, 2.45) is 10.7 Å². The third-order valence-electron chi connectivity index (χ3n) is 6.73. The third kappa shape index (κ3) is 6.67. The lowest BCUT2D eigenvalue weighted by Crippen LogP contribution is -2.54. The first-order chi connectivity index (χ1) is 15.4. The van der Waals surface area contributed by atoms with E-state index in [1.165, 1.54) is 6.92 Å². The molecule has 0 aliphatic carbocycles. The Bertz CT molecular complexity index is 830. The first kappa shape index (κ1) is 26.6. The van der Waals surface area contributed by atoms with E-state index in [0.29, 0.717) is 43.6 Å². The van der Waals surface area contributed by atoms with Gasteiger partial charge in [0.05, 0.1) is 6.42 Å². The van der Waals surface area contributed by atoms with Crippen LogP contribution in [0.3, 0.4) is 0 Å². The van der Waals surface area contributed by atoms with E-state index < -0.39 is 36.0 Å². The maximum absolute atomic E-state index is 12.3. The molecule has 0 bridgehead atoms. The molecule has 1 amide bonds. The van der Waals surface area contributed by atoms with E-state index in [1.807, 2.05) is 6.92 Å². The zero-order valence-corrected chi connectivity index (χ0v) is 19.7. The summed E-state index contributed by atoms with van der Waals surface area (Å²) in [5.74, 6) is -1.70. The van der Waals surface area contributed by atoms with Crippen LogP contribution in [0.1, 0.15) is 65.7 Å². The molecule has 0 spiro atoms. The molecule has 2 aliphatic heterocycles. The van der Waals surface area contributed by atoms with E-state index in [4.69, 9.17) is 21.3 Å². The van der Waals surface area contributed by atoms with Crippen LogP contribution in [0.4, 0.5) is 0 Å². The Morgan fingerprint density at radius 2 is 2.03 bits per heavy atom. The van der Waals surface area contributed by atoms with E-state index in [1.54, 1.807) is 13.1 Å². The number of aliphatic carboxylic acids is 1. The highest BCUT2D eigenvalue weighted by Gasteiger charge is 2.71. The molecule has 5 atom stereocenters. The number of ether oxygens (including phenoxy) is 1. The second-order valence-electron chi connectivity index (χ2n) is 9.36. The molecule has 2 aliphatic rings. The van der Waals surface area contributed by atoms with E-state index >= 15 is 0 Å². The second kappa shape index (κ2) is 11.0. The van der Waals surface area contributed by atoms with Gasteiger partial charge in [0.25, 0.3) is 5.91 Å². The van der Waals surface area contributed by atoms with Crippen molar-refractivity contribution in [2.75, 3.05) is 13.2 Å². The number of nitrogens with zero attached hydrogens (tertiary/aromatic N) is 2. The Labute approximate surface area is 194 Å². The lowest BCUT2D eigenvalue weighted by molar-refractivity contribution is -0.790. The average Bonchev–Trinajstić information content (AvgIpc) is 3.33. The predicted molar refractivity (Wildman–Crippen MR) is 123 cm³/mol. The number of carbonyl (C=O) groups excluding carboxylic acids is 2. The van der Waals surface area contributed by atoms with Crippen LogP contribution in [0.5, 0.6) is 0 Å². The molecule has 11 nitrogen and oxygen atoms in total. The fourth-order valence-corrected chi connectivity index (χ4v) is 4.66. The predicted octanol–water partition coefficient (Wildman–Crippen LogP) is 1.19. The highest BCUT2D eigenvalue weighted by Crippen LogP contribution is 2.51. The summed E-state index contributed by atoms with van der Waals surface area (Å²) in [5.41, 5.74) is 4.31. The van der Waals surface area contributed by atoms with Gasteiger partial charge in [-0.1, -0.05) is 0 Å². The number of carbonyl (C=O) groups is 3. The highest BCUT2D eigenvalue weighted by atomic mass is 16.5. The molecule has 5 unspecified atom stereocenters. The highest BCUT2D eigenvalue weighted by molar-refractivity contribution is 5.88. The second-order valence-corrected chi connectivity index (χ2v) is 9.36. The number of amidine groups is 2. The SMILES string of the molecule is CC(=N)N=CCCCC(N)C(=O)OCC(=O)NC(C)(CCCC1CC2C[N+]12C(C)=N)C(=O)O. The zero-order chi connectivity index (χ0) is 24.8. The van der Waals surface area contributed by atoms with Gasteiger partial charge in [0.1, 0.15) is 30.0 Å². The van der Waals surface area contributed by atoms with Crippen molar-refractivity contribution in [2.45, 2.75) is 89.4 Å². The summed E-state index contributed by atoms with van der Waals surface area (Å²) < 4.78 is 5.70. The molecule has 0 radical (unpaired) electrons. The van der Waals surface area contributed by atoms with Crippen molar-refractivity contribution in [3.8, 4) is 0 Å². The van der Waals surface area contributed by atoms with Crippen molar-refractivity contribution < 1.29 is 28.7 Å². The van der Waals surface area contributed by atoms with Gasteiger partial charge >= 0.3 is 11.9 Å². The smallest absolute Gasteiger partial charge is 0.329 e. The molecule has 2 fully saturated rings. The van der Waals surface area contributed by atoms with Crippen molar-refractivity contribution >= 4 is 35.7 Å². The minimum Gasteiger partial charge on any atom is -0.480 e. The maximum atomic E-state index is 12.3. The number of carboxylic acids is 1. The Morgan fingerprint density at radius 1 is 1.33 bits per heavy atom. The number of amides is 1. The third-order valence-corrected chi connectivity index (χ3v) is 6.73. The van der Waals surface area contributed by atoms with Gasteiger partial charge in [-0.2, -0.15) is 0 Å². The molecule has 6 N–H and O–H groups in total. The minimum atomic E-state index is -1.47. The maximum Gasteiger partial charge on any atom is 0.329 e. The molecular formula is C22H37N6O5+. The molecule has 0 aromatic rings. The molecule has 184 valence electrons. The number of aliphatic imine (C=N–C) groups is 1. The van der Waals surface area contributed by atoms with Crippen LogP contribution in [-0.2, 0) is 19.1 Å². The Morgan fingerprint density at radius 3 is 2.58 bits per heavy atom. The van der Waals surface area contributed by atoms with Gasteiger partial charge in [0.15, 0.2) is 18.5 Å². The molecule has 2 saturated heterocycles. The number of quaternary nitrogens is 1. The van der Waals surface area contributed by atoms with E-state index in [0.717, 1.165) is 23.9 Å². The molecule has 11 heteroatoms. The molecule has 0 saturated carbocycles. The standard InChI is InChI=1S/C22H36N6O5/c1-14(23)26-10-5-4-8-18(25)20(30)33-13-19(29)27-22(3,21(31)32)9-6-7-16-11-17-12-28(16,17)15(2)24/h10,16-18,23-24H,4-9,11-13,25H2,1-3H3,(H-,27,29,31,32)/p+1. The Balaban J connectivity index is 1.71. The number of unbranched alkanes of at least 4 members (excludes halogenated alkanes) is 1. The summed E-state index contributed by atoms with van der Waals surface area (Å²) >= 11 is 0. The van der Waals surface area contributed by atoms with Crippen LogP contribution in [0.15, 0.2) is 4.99 Å². The Hall–Kier alpha value is -2.66. The van der Waals surface area contributed by atoms with Crippen molar-refractivity contribution in [3.05, 3.63) is 0 Å². The number of nitrogens with two attached hydrogens (primary N) is 1. The van der Waals surface area contributed by atoms with Gasteiger partial charge in [-0.25, -0.2) is 9.79 Å². The molecule has 33 heavy (non-hydrogen) atoms. The van der Waals surface area contributed by atoms with E-state index in [-0.39, 0.29) is 12.3 Å². The average molecular weight is 466 g/mol. The molecular weight excluding hydrogens is 428 g/mol. The van der Waals surface area contributed by atoms with Crippen LogP contribution < -0.4 is 11.1 Å². The zero-order valence-electron chi connectivity index (χ0n) is 19.7. The first-order valence-electron chi connectivity index (χ1n) is 11.4. The van der Waals surface area contributed by atoms with E-state index in [2.05, 4.69) is 10.3 Å². The largest absolute Gasteiger partial charge is 0.480 e. The van der Waals surface area contributed by atoms with Gasteiger partial charge in [-0.05, 0) is 46.0 Å². The fourth-order valence-electron chi connectivity index (χ4n) is 4.66. The quantitative estimate of drug-likeness (QED) is 0.0680. The van der Waals surface area contributed by atoms with E-state index in [9.17, 15) is 19.5 Å². The Kier molecular flexibility index (Phi) is 8.84. The van der Waals surface area contributed by atoms with Gasteiger partial charge in [-0.15, -0.1) is 0 Å². The summed E-state index contributed by atoms with van der Waals surface area (Å²) in [6.07, 6.45) is 5.80. The molecule has 2 heterocycles. The summed E-state index contributed by atoms with van der Waals surface area (Å²) in [7, 11) is 0. The van der Waals surface area contributed by atoms with Gasteiger partial charge in [-0.3, -0.25) is 24.9 Å². The fraction of sp³-hybridized carbons (Fsp3) is 0.727. The molecule has 2 rings (SSSR count). The number of hydrogen-bond acceptors (Lipinski definition) is 7. The number of rotatable bonds is 13. The van der Waals surface area contributed by atoms with Crippen molar-refractivity contribution in [1.82, 2.24) is 5.32 Å². The molecule has 0 aromatic carbocycles. The van der Waals surface area contributed by atoms with Crippen LogP contribution in [0.25, 0.3) is 0 Å². The monoisotopic (exact) mass is 465 g/mol. The number of nitrogens with one attached hydrogen (secondary N) is 3. The van der Waals surface area contributed by atoms with Crippen LogP contribution in [0, 0.1) is 10.8 Å². The lowest BCUT2D eigenvalue weighted by atomic mass is 9.90. The summed E-state index contributed by atoms with van der Waals surface area (Å²) in [6.45, 7) is 5.25. The van der Waals surface area contributed by atoms with Crippen molar-refractivity contribution in [1.29, 1.82) is 10.8 Å². The summed E-state index contributed by atoms with van der Waals surface area (Å²) in [6, 6.07) is 0.0388. The first-order valence-corrected chi connectivity index (χ1v) is 11.4. The lowest BCUT2D eigenvalue weighted by Gasteiger charge is -2.36. The van der Waals surface area contributed by atoms with Crippen LogP contribution in [-0.4, -0.2) is 82.1 Å². The van der Waals surface area contributed by atoms with Crippen LogP contribution in [0.2, 0.25) is 0 Å². The normalized spacial score (nSPS) is 25.8. The van der Waals surface area contributed by atoms with Gasteiger partial charge < -0.3 is 20.9 Å². The minimum absolute atomic E-state index is 0.196. The van der Waals surface area contributed by atoms with Gasteiger partial charge in [0, 0.05) is 19.6 Å². The number of fused-ring (bicyclic) bond motifs is 1. The number of hydrogen-bond donors (Lipinski definition) is 5. The van der Waals surface area contributed by atoms with Crippen LogP contribution >= 0.6 is 0 Å². The summed E-state index contributed by atoms with van der Waals surface area (Å²) in [4.78, 5) is 39.9. The number of esters is 1.